The molecule has 2 aliphatic carbocycles. The van der Waals surface area contributed by atoms with Crippen LogP contribution in [0.3, 0.4) is 0 Å². The molecule has 1 heterocycles. The Morgan fingerprint density at radius 3 is 2.41 bits per heavy atom. The van der Waals surface area contributed by atoms with Crippen LogP contribution < -0.4 is 25.6 Å². The smallest absolute Gasteiger partial charge is 0.319 e. The number of aryl methyl sites for hydroxylation is 1. The Balaban J connectivity index is 1.26. The molecule has 0 radical (unpaired) electrons. The summed E-state index contributed by atoms with van der Waals surface area (Å²) in [6.45, 7) is 0. The van der Waals surface area contributed by atoms with Gasteiger partial charge >= 0.3 is 6.03 Å². The van der Waals surface area contributed by atoms with Gasteiger partial charge in [0.15, 0.2) is 0 Å². The lowest BCUT2D eigenvalue weighted by Crippen LogP contribution is -2.46. The van der Waals surface area contributed by atoms with Gasteiger partial charge in [-0.1, -0.05) is 24.3 Å². The fourth-order valence-electron chi connectivity index (χ4n) is 5.51. The maximum absolute atomic E-state index is 12.5. The fraction of sp³-hybridized carbons (Fsp3) is 0.414. The van der Waals surface area contributed by atoms with Crippen molar-refractivity contribution in [2.24, 2.45) is 5.73 Å². The average molecular weight is 501 g/mol. The van der Waals surface area contributed by atoms with Gasteiger partial charge in [0.2, 0.25) is 5.95 Å². The Kier molecular flexibility index (Phi) is 7.44. The predicted octanol–water partition coefficient (Wildman–Crippen LogP) is 5.52. The fourth-order valence-corrected chi connectivity index (χ4v) is 5.51. The molecule has 0 saturated heterocycles. The molecule has 0 bridgehead atoms. The lowest BCUT2D eigenvalue weighted by atomic mass is 9.90. The third-order valence-corrected chi connectivity index (χ3v) is 7.29. The van der Waals surface area contributed by atoms with E-state index >= 15 is 0 Å². The number of hydrogen-bond acceptors (Lipinski definition) is 6. The molecular weight excluding hydrogens is 464 g/mol. The summed E-state index contributed by atoms with van der Waals surface area (Å²) >= 11 is 0. The first-order chi connectivity index (χ1) is 18.0. The van der Waals surface area contributed by atoms with Crippen molar-refractivity contribution in [3.63, 3.8) is 0 Å². The van der Waals surface area contributed by atoms with Crippen molar-refractivity contribution in [3.8, 4) is 11.5 Å². The van der Waals surface area contributed by atoms with E-state index in [1.807, 2.05) is 68.7 Å². The molecule has 2 amide bonds. The van der Waals surface area contributed by atoms with Gasteiger partial charge in [0.1, 0.15) is 17.3 Å². The molecule has 8 heteroatoms. The van der Waals surface area contributed by atoms with E-state index in [1.54, 1.807) is 4.90 Å². The quantitative estimate of drug-likeness (QED) is 0.443. The number of ether oxygens (including phenoxy) is 1. The Morgan fingerprint density at radius 1 is 0.946 bits per heavy atom. The second-order valence-corrected chi connectivity index (χ2v) is 10.2. The van der Waals surface area contributed by atoms with Crippen LogP contribution in [0, 0.1) is 0 Å². The van der Waals surface area contributed by atoms with Crippen molar-refractivity contribution in [2.45, 2.75) is 63.5 Å². The molecule has 3 aromatic rings. The molecule has 2 aliphatic rings. The highest BCUT2D eigenvalue weighted by Crippen LogP contribution is 2.33. The highest BCUT2D eigenvalue weighted by atomic mass is 16.5. The number of amides is 2. The Morgan fingerprint density at radius 2 is 1.68 bits per heavy atom. The number of primary amides is 1. The van der Waals surface area contributed by atoms with Gasteiger partial charge in [0, 0.05) is 43.5 Å². The highest BCUT2D eigenvalue weighted by molar-refractivity contribution is 5.91. The number of rotatable bonds is 7. The zero-order valence-corrected chi connectivity index (χ0v) is 21.7. The van der Waals surface area contributed by atoms with Crippen LogP contribution in [0.15, 0.2) is 54.6 Å². The third-order valence-electron chi connectivity index (χ3n) is 7.29. The summed E-state index contributed by atoms with van der Waals surface area (Å²) in [6, 6.07) is 17.0. The molecule has 3 N–H and O–H groups in total. The summed E-state index contributed by atoms with van der Waals surface area (Å²) in [6.07, 6.45) is 7.95. The molecule has 0 aliphatic heterocycles. The zero-order valence-electron chi connectivity index (χ0n) is 21.7. The van der Waals surface area contributed by atoms with E-state index in [9.17, 15) is 4.79 Å². The molecule has 2 aromatic carbocycles. The number of aromatic nitrogens is 2. The number of anilines is 3. The molecule has 1 saturated carbocycles. The second kappa shape index (κ2) is 11.1. The molecule has 1 aromatic heterocycles. The third kappa shape index (κ3) is 5.79. The number of benzene rings is 2. The zero-order chi connectivity index (χ0) is 25.8. The van der Waals surface area contributed by atoms with Crippen LogP contribution in [0.25, 0.3) is 0 Å². The summed E-state index contributed by atoms with van der Waals surface area (Å²) in [5, 5.41) is 3.59. The van der Waals surface area contributed by atoms with Gasteiger partial charge in [-0.05, 0) is 75.6 Å². The molecule has 0 unspecified atom stereocenters. The van der Waals surface area contributed by atoms with E-state index < -0.39 is 6.03 Å². The second-order valence-electron chi connectivity index (χ2n) is 10.2. The number of urea groups is 1. The minimum atomic E-state index is -0.443. The topological polar surface area (TPSA) is 96.6 Å². The molecule has 37 heavy (non-hydrogen) atoms. The van der Waals surface area contributed by atoms with E-state index in [4.69, 9.17) is 20.4 Å². The van der Waals surface area contributed by atoms with Crippen LogP contribution in [0.4, 0.5) is 22.2 Å². The summed E-state index contributed by atoms with van der Waals surface area (Å²) in [5.41, 5.74) is 9.10. The summed E-state index contributed by atoms with van der Waals surface area (Å²) in [4.78, 5) is 26.1. The van der Waals surface area contributed by atoms with Gasteiger partial charge in [-0.25, -0.2) is 9.78 Å². The number of hydrogen-bond donors (Lipinski definition) is 2. The molecule has 1 fully saturated rings. The SMILES string of the molecule is CN(C)c1nc(N[C@H]2CC[C@@H](N(C(N)=O)c3cccc(Oc4ccccc4)c3)CC2)nc2c1CCCC2. The number of para-hydroxylation sites is 1. The summed E-state index contributed by atoms with van der Waals surface area (Å²) in [5.74, 6) is 3.16. The molecule has 0 atom stereocenters. The molecule has 8 nitrogen and oxygen atoms in total. The van der Waals surface area contributed by atoms with E-state index in [2.05, 4.69) is 10.2 Å². The van der Waals surface area contributed by atoms with Crippen LogP contribution in [0.2, 0.25) is 0 Å². The predicted molar refractivity (Wildman–Crippen MR) is 148 cm³/mol. The largest absolute Gasteiger partial charge is 0.457 e. The maximum atomic E-state index is 12.5. The monoisotopic (exact) mass is 500 g/mol. The van der Waals surface area contributed by atoms with Crippen LogP contribution in [-0.2, 0) is 12.8 Å². The van der Waals surface area contributed by atoms with Gasteiger partial charge in [0.25, 0.3) is 0 Å². The highest BCUT2D eigenvalue weighted by Gasteiger charge is 2.30. The van der Waals surface area contributed by atoms with Gasteiger partial charge < -0.3 is 20.7 Å². The van der Waals surface area contributed by atoms with Crippen LogP contribution in [0.5, 0.6) is 11.5 Å². The van der Waals surface area contributed by atoms with Crippen molar-refractivity contribution < 1.29 is 9.53 Å². The number of carbonyl (C=O) groups is 1. The van der Waals surface area contributed by atoms with E-state index in [0.717, 1.165) is 55.8 Å². The Hall–Kier alpha value is -3.81. The van der Waals surface area contributed by atoms with Crippen LogP contribution >= 0.6 is 0 Å². The summed E-state index contributed by atoms with van der Waals surface area (Å²) in [7, 11) is 4.09. The minimum Gasteiger partial charge on any atom is -0.457 e. The van der Waals surface area contributed by atoms with Crippen molar-refractivity contribution in [1.29, 1.82) is 0 Å². The lowest BCUT2D eigenvalue weighted by molar-refractivity contribution is 0.248. The van der Waals surface area contributed by atoms with Crippen LogP contribution in [0.1, 0.15) is 49.8 Å². The molecule has 5 rings (SSSR count). The Labute approximate surface area is 218 Å². The summed E-state index contributed by atoms with van der Waals surface area (Å²) < 4.78 is 5.98. The van der Waals surface area contributed by atoms with Gasteiger partial charge in [0.05, 0.1) is 5.69 Å². The molecule has 194 valence electrons. The van der Waals surface area contributed by atoms with E-state index in [-0.39, 0.29) is 12.1 Å². The maximum Gasteiger partial charge on any atom is 0.319 e. The number of fused-ring (bicyclic) bond motifs is 1. The molecule has 0 spiro atoms. The Bertz CT molecular complexity index is 1220. The van der Waals surface area contributed by atoms with Crippen molar-refractivity contribution in [2.75, 3.05) is 29.2 Å². The van der Waals surface area contributed by atoms with Crippen LogP contribution in [-0.4, -0.2) is 42.2 Å². The lowest BCUT2D eigenvalue weighted by Gasteiger charge is -2.36. The standard InChI is InChI=1S/C29H36N6O2/c1-34(2)27-25-13-6-7-14-26(25)32-29(33-27)31-20-15-17-21(18-16-20)35(28(30)36)22-9-8-12-24(19-22)37-23-10-4-3-5-11-23/h3-5,8-12,19-21H,6-7,13-18H2,1-2H3,(H2,30,36)(H,31,32,33)/t20-,21+. The first-order valence-electron chi connectivity index (χ1n) is 13.2. The van der Waals surface area contributed by atoms with E-state index in [1.165, 1.54) is 24.1 Å². The van der Waals surface area contributed by atoms with Crippen molar-refractivity contribution in [1.82, 2.24) is 9.97 Å². The van der Waals surface area contributed by atoms with Gasteiger partial charge in [-0.2, -0.15) is 4.98 Å². The van der Waals surface area contributed by atoms with Crippen molar-refractivity contribution in [3.05, 3.63) is 65.9 Å². The number of nitrogens with one attached hydrogen (secondary N) is 1. The number of nitrogens with zero attached hydrogens (tertiary/aromatic N) is 4. The minimum absolute atomic E-state index is 0.0318. The first-order valence-corrected chi connectivity index (χ1v) is 13.2. The number of carbonyl (C=O) groups excluding carboxylic acids is 1. The average Bonchev–Trinajstić information content (AvgIpc) is 2.90. The van der Waals surface area contributed by atoms with E-state index in [0.29, 0.717) is 11.7 Å². The van der Waals surface area contributed by atoms with Gasteiger partial charge in [-0.3, -0.25) is 4.90 Å². The van der Waals surface area contributed by atoms with Crippen molar-refractivity contribution >= 4 is 23.5 Å². The normalized spacial score (nSPS) is 19.0. The first kappa shape index (κ1) is 24.9. The molecular formula is C29H36N6O2. The number of nitrogens with two attached hydrogens (primary N) is 1. The van der Waals surface area contributed by atoms with Gasteiger partial charge in [-0.15, -0.1) is 0 Å².